The summed E-state index contributed by atoms with van der Waals surface area (Å²) in [7, 11) is 0. The summed E-state index contributed by atoms with van der Waals surface area (Å²) in [5.74, 6) is -1.42. The topological polar surface area (TPSA) is 72.5 Å². The summed E-state index contributed by atoms with van der Waals surface area (Å²) < 4.78 is 4.98. The van der Waals surface area contributed by atoms with E-state index in [0.717, 1.165) is 5.56 Å². The van der Waals surface area contributed by atoms with Crippen molar-refractivity contribution < 1.29 is 19.1 Å². The fourth-order valence-corrected chi connectivity index (χ4v) is 2.95. The zero-order valence-corrected chi connectivity index (χ0v) is 15.8. The minimum absolute atomic E-state index is 0.103. The van der Waals surface area contributed by atoms with E-state index >= 15 is 0 Å². The number of Topliss-reactive ketones (excluding diaryl/α,β-unsaturated/α-hetero) is 1. The van der Waals surface area contributed by atoms with Crippen LogP contribution in [-0.2, 0) is 14.3 Å². The number of carbonyl (C=O) groups is 3. The Balaban J connectivity index is 1.59. The third-order valence-corrected chi connectivity index (χ3v) is 4.93. The number of hydrogen-bond acceptors (Lipinski definition) is 4. The molecule has 1 aliphatic heterocycles. The number of anilines is 1. The number of benzene rings is 2. The average molecular weight is 404 g/mol. The fourth-order valence-electron chi connectivity index (χ4n) is 2.64. The van der Waals surface area contributed by atoms with Crippen LogP contribution in [0.25, 0.3) is 6.08 Å². The van der Waals surface area contributed by atoms with Gasteiger partial charge in [0, 0.05) is 17.3 Å². The molecule has 1 atom stereocenters. The van der Waals surface area contributed by atoms with Gasteiger partial charge in [0.15, 0.2) is 12.4 Å². The molecule has 0 saturated heterocycles. The van der Waals surface area contributed by atoms with Gasteiger partial charge in [0.25, 0.3) is 0 Å². The number of halogens is 2. The maximum atomic E-state index is 12.3. The van der Waals surface area contributed by atoms with Crippen LogP contribution >= 0.6 is 23.2 Å². The highest BCUT2D eigenvalue weighted by atomic mass is 35.5. The first-order chi connectivity index (χ1) is 12.8. The molecule has 5 nitrogen and oxygen atoms in total. The van der Waals surface area contributed by atoms with Crippen molar-refractivity contribution in [3.8, 4) is 0 Å². The molecule has 0 aromatic heterocycles. The molecule has 0 radical (unpaired) electrons. The van der Waals surface area contributed by atoms with Gasteiger partial charge in [-0.15, -0.1) is 0 Å². The van der Waals surface area contributed by atoms with Crippen molar-refractivity contribution >= 4 is 52.6 Å². The lowest BCUT2D eigenvalue weighted by Crippen LogP contribution is -2.13. The lowest BCUT2D eigenvalue weighted by atomic mass is 9.99. The molecule has 0 fully saturated rings. The summed E-state index contributed by atoms with van der Waals surface area (Å²) in [5.41, 5.74) is 2.53. The van der Waals surface area contributed by atoms with Crippen molar-refractivity contribution in [2.75, 3.05) is 11.9 Å². The molecular weight excluding hydrogens is 389 g/mol. The van der Waals surface area contributed by atoms with Crippen LogP contribution in [0.15, 0.2) is 42.5 Å². The SMILES string of the molecule is C[C@H]1C(=O)Nc2ccc(C(=O)COC(=O)/C=C/c3ccc(Cl)c(Cl)c3)cc21. The Morgan fingerprint density at radius 2 is 1.93 bits per heavy atom. The molecule has 3 rings (SSSR count). The largest absolute Gasteiger partial charge is 0.454 e. The van der Waals surface area contributed by atoms with Gasteiger partial charge in [0.1, 0.15) is 0 Å². The van der Waals surface area contributed by atoms with Crippen LogP contribution in [0.1, 0.15) is 34.3 Å². The van der Waals surface area contributed by atoms with Crippen molar-refractivity contribution in [2.45, 2.75) is 12.8 Å². The maximum Gasteiger partial charge on any atom is 0.331 e. The number of ketones is 1. The molecule has 27 heavy (non-hydrogen) atoms. The van der Waals surface area contributed by atoms with Gasteiger partial charge in [-0.1, -0.05) is 29.3 Å². The second-order valence-corrected chi connectivity index (χ2v) is 6.87. The summed E-state index contributed by atoms with van der Waals surface area (Å²) in [5, 5.41) is 3.54. The standard InChI is InChI=1S/C20H15Cl2NO4/c1-11-14-9-13(4-6-17(14)23-20(11)26)18(24)10-27-19(25)7-3-12-2-5-15(21)16(22)8-12/h2-9,11H,10H2,1H3,(H,23,26)/b7-3+/t11-/m1/s1. The zero-order chi connectivity index (χ0) is 19.6. The second kappa shape index (κ2) is 7.94. The van der Waals surface area contributed by atoms with Crippen LogP contribution in [0.4, 0.5) is 5.69 Å². The zero-order valence-electron chi connectivity index (χ0n) is 14.3. The predicted octanol–water partition coefficient (Wildman–Crippen LogP) is 4.49. The van der Waals surface area contributed by atoms with Crippen LogP contribution in [0, 0.1) is 0 Å². The molecule has 0 aliphatic carbocycles. The first-order valence-corrected chi connectivity index (χ1v) is 8.88. The lowest BCUT2D eigenvalue weighted by Gasteiger charge is -2.06. The average Bonchev–Trinajstić information content (AvgIpc) is 2.94. The molecule has 138 valence electrons. The summed E-state index contributed by atoms with van der Waals surface area (Å²) in [4.78, 5) is 35.7. The van der Waals surface area contributed by atoms with Crippen LogP contribution in [0.2, 0.25) is 10.0 Å². The van der Waals surface area contributed by atoms with Crippen LogP contribution in [0.5, 0.6) is 0 Å². The third kappa shape index (κ3) is 4.38. The van der Waals surface area contributed by atoms with E-state index in [-0.39, 0.29) is 24.2 Å². The predicted molar refractivity (Wildman–Crippen MR) is 104 cm³/mol. The lowest BCUT2D eigenvalue weighted by molar-refractivity contribution is -0.136. The molecular formula is C20H15Cl2NO4. The van der Waals surface area contributed by atoms with E-state index in [1.54, 1.807) is 43.3 Å². The minimum Gasteiger partial charge on any atom is -0.454 e. The first kappa shape index (κ1) is 19.1. The molecule has 1 N–H and O–H groups in total. The molecule has 7 heteroatoms. The van der Waals surface area contributed by atoms with Gasteiger partial charge in [-0.25, -0.2) is 4.79 Å². The van der Waals surface area contributed by atoms with E-state index in [9.17, 15) is 14.4 Å². The highest BCUT2D eigenvalue weighted by molar-refractivity contribution is 6.42. The molecule has 0 bridgehead atoms. The molecule has 1 heterocycles. The number of amides is 1. The third-order valence-electron chi connectivity index (χ3n) is 4.19. The van der Waals surface area contributed by atoms with Gasteiger partial charge in [-0.05, 0) is 54.5 Å². The maximum absolute atomic E-state index is 12.3. The molecule has 1 amide bonds. The molecule has 0 spiro atoms. The molecule has 2 aromatic rings. The van der Waals surface area contributed by atoms with Gasteiger partial charge < -0.3 is 10.1 Å². The summed E-state index contributed by atoms with van der Waals surface area (Å²) in [6, 6.07) is 9.85. The number of esters is 1. The Hall–Kier alpha value is -2.63. The van der Waals surface area contributed by atoms with Crippen molar-refractivity contribution in [3.05, 3.63) is 69.2 Å². The molecule has 0 saturated carbocycles. The summed E-state index contributed by atoms with van der Waals surface area (Å²) in [6.45, 7) is 1.38. The van der Waals surface area contributed by atoms with Gasteiger partial charge in [-0.3, -0.25) is 9.59 Å². The van der Waals surface area contributed by atoms with Gasteiger partial charge in [0.05, 0.1) is 16.0 Å². The number of rotatable bonds is 5. The van der Waals surface area contributed by atoms with E-state index in [1.165, 1.54) is 12.2 Å². The van der Waals surface area contributed by atoms with Gasteiger partial charge in [0.2, 0.25) is 5.91 Å². The fraction of sp³-hybridized carbons (Fsp3) is 0.150. The van der Waals surface area contributed by atoms with Crippen LogP contribution < -0.4 is 5.32 Å². The Morgan fingerprint density at radius 1 is 1.15 bits per heavy atom. The Bertz CT molecular complexity index is 968. The number of nitrogens with one attached hydrogen (secondary N) is 1. The Labute approximate surface area is 165 Å². The highest BCUT2D eigenvalue weighted by Crippen LogP contribution is 2.32. The van der Waals surface area contributed by atoms with Crippen molar-refractivity contribution in [2.24, 2.45) is 0 Å². The molecule has 2 aromatic carbocycles. The number of carbonyl (C=O) groups excluding carboxylic acids is 3. The molecule has 0 unspecified atom stereocenters. The normalized spacial score (nSPS) is 15.5. The monoisotopic (exact) mass is 403 g/mol. The summed E-state index contributed by atoms with van der Waals surface area (Å²) in [6.07, 6.45) is 2.73. The van der Waals surface area contributed by atoms with E-state index in [0.29, 0.717) is 26.9 Å². The first-order valence-electron chi connectivity index (χ1n) is 8.13. The summed E-state index contributed by atoms with van der Waals surface area (Å²) >= 11 is 11.7. The van der Waals surface area contributed by atoms with Crippen LogP contribution in [0.3, 0.4) is 0 Å². The number of hydrogen-bond donors (Lipinski definition) is 1. The Morgan fingerprint density at radius 3 is 2.67 bits per heavy atom. The van der Waals surface area contributed by atoms with E-state index in [4.69, 9.17) is 27.9 Å². The highest BCUT2D eigenvalue weighted by Gasteiger charge is 2.27. The van der Waals surface area contributed by atoms with Crippen LogP contribution in [-0.4, -0.2) is 24.3 Å². The smallest absolute Gasteiger partial charge is 0.331 e. The second-order valence-electron chi connectivity index (χ2n) is 6.05. The van der Waals surface area contributed by atoms with Gasteiger partial charge >= 0.3 is 5.97 Å². The van der Waals surface area contributed by atoms with E-state index in [1.807, 2.05) is 0 Å². The van der Waals surface area contributed by atoms with E-state index < -0.39 is 5.97 Å². The van der Waals surface area contributed by atoms with Crippen molar-refractivity contribution in [1.29, 1.82) is 0 Å². The number of fused-ring (bicyclic) bond motifs is 1. The van der Waals surface area contributed by atoms with E-state index in [2.05, 4.69) is 5.32 Å². The van der Waals surface area contributed by atoms with Crippen molar-refractivity contribution in [1.82, 2.24) is 0 Å². The molecule has 1 aliphatic rings. The Kier molecular flexibility index (Phi) is 5.63. The number of ether oxygens (including phenoxy) is 1. The van der Waals surface area contributed by atoms with Crippen molar-refractivity contribution in [3.63, 3.8) is 0 Å². The minimum atomic E-state index is -0.652. The van der Waals surface area contributed by atoms with Gasteiger partial charge in [-0.2, -0.15) is 0 Å². The quantitative estimate of drug-likeness (QED) is 0.453.